The Labute approximate surface area is 132 Å². The van der Waals surface area contributed by atoms with Crippen molar-refractivity contribution >= 4 is 17.6 Å². The highest BCUT2D eigenvalue weighted by atomic mass is 35.5. The number of carbonyl (C=O) groups excluding carboxylic acids is 1. The highest BCUT2D eigenvalue weighted by Crippen LogP contribution is 2.37. The quantitative estimate of drug-likeness (QED) is 0.813. The van der Waals surface area contributed by atoms with Crippen molar-refractivity contribution < 1.29 is 9.53 Å². The Morgan fingerprint density at radius 1 is 1.33 bits per heavy atom. The van der Waals surface area contributed by atoms with Gasteiger partial charge in [0.15, 0.2) is 0 Å². The number of esters is 1. The minimum absolute atomic E-state index is 0.154. The Kier molecular flexibility index (Phi) is 5.65. The predicted molar refractivity (Wildman–Crippen MR) is 85.6 cm³/mol. The molecule has 1 aromatic rings. The highest BCUT2D eigenvalue weighted by molar-refractivity contribution is 6.30. The van der Waals surface area contributed by atoms with Crippen LogP contribution in [0.15, 0.2) is 24.3 Å². The van der Waals surface area contributed by atoms with Crippen LogP contribution in [0.5, 0.6) is 0 Å². The lowest BCUT2D eigenvalue weighted by molar-refractivity contribution is -0.144. The number of halogens is 1. The van der Waals surface area contributed by atoms with Crippen LogP contribution in [0.2, 0.25) is 5.02 Å². The molecule has 1 unspecified atom stereocenters. The molecule has 1 saturated carbocycles. The van der Waals surface area contributed by atoms with E-state index in [0.29, 0.717) is 17.9 Å². The second-order valence-corrected chi connectivity index (χ2v) is 6.73. The summed E-state index contributed by atoms with van der Waals surface area (Å²) in [6.07, 6.45) is 2.94. The van der Waals surface area contributed by atoms with E-state index >= 15 is 0 Å². The maximum atomic E-state index is 11.8. The second kappa shape index (κ2) is 7.28. The average Bonchev–Trinajstić information content (AvgIpc) is 2.41. The fraction of sp³-hybridized carbons (Fsp3) is 0.588. The molecule has 116 valence electrons. The van der Waals surface area contributed by atoms with Crippen molar-refractivity contribution in [3.63, 3.8) is 0 Å². The molecular weight excluding hydrogens is 286 g/mol. The maximum Gasteiger partial charge on any atom is 0.322 e. The summed E-state index contributed by atoms with van der Waals surface area (Å²) >= 11 is 5.91. The SMILES string of the molecule is COC(=O)C(CC(C)C)NC1CC(c2ccc(Cl)cc2)C1. The summed E-state index contributed by atoms with van der Waals surface area (Å²) in [5.74, 6) is 0.879. The Balaban J connectivity index is 1.85. The number of hydrogen-bond donors (Lipinski definition) is 1. The van der Waals surface area contributed by atoms with E-state index in [0.717, 1.165) is 24.3 Å². The van der Waals surface area contributed by atoms with Gasteiger partial charge in [-0.2, -0.15) is 0 Å². The predicted octanol–water partition coefficient (Wildman–Crippen LogP) is 3.76. The lowest BCUT2D eigenvalue weighted by Gasteiger charge is -2.38. The zero-order chi connectivity index (χ0) is 15.4. The van der Waals surface area contributed by atoms with Crippen molar-refractivity contribution in [2.24, 2.45) is 5.92 Å². The lowest BCUT2D eigenvalue weighted by Crippen LogP contribution is -2.49. The van der Waals surface area contributed by atoms with E-state index in [2.05, 4.69) is 31.3 Å². The Hall–Kier alpha value is -1.06. The molecule has 0 heterocycles. The number of ether oxygens (including phenoxy) is 1. The van der Waals surface area contributed by atoms with E-state index in [1.807, 2.05) is 12.1 Å². The summed E-state index contributed by atoms with van der Waals surface area (Å²) in [4.78, 5) is 11.8. The van der Waals surface area contributed by atoms with Gasteiger partial charge in [0.25, 0.3) is 0 Å². The van der Waals surface area contributed by atoms with Crippen LogP contribution in [0.4, 0.5) is 0 Å². The molecule has 21 heavy (non-hydrogen) atoms. The monoisotopic (exact) mass is 309 g/mol. The number of nitrogens with one attached hydrogen (secondary N) is 1. The first kappa shape index (κ1) is 16.3. The standard InChI is InChI=1S/C17H24ClNO2/c1-11(2)8-16(17(20)21-3)19-15-9-13(10-15)12-4-6-14(18)7-5-12/h4-7,11,13,15-16,19H,8-10H2,1-3H3. The second-order valence-electron chi connectivity index (χ2n) is 6.29. The molecule has 0 radical (unpaired) electrons. The fourth-order valence-electron chi connectivity index (χ4n) is 2.89. The van der Waals surface area contributed by atoms with E-state index in [1.165, 1.54) is 12.7 Å². The van der Waals surface area contributed by atoms with Gasteiger partial charge in [-0.05, 0) is 48.8 Å². The number of methoxy groups -OCH3 is 1. The summed E-state index contributed by atoms with van der Waals surface area (Å²) in [7, 11) is 1.45. The van der Waals surface area contributed by atoms with Gasteiger partial charge < -0.3 is 10.1 Å². The third-order valence-electron chi connectivity index (χ3n) is 4.11. The van der Waals surface area contributed by atoms with Gasteiger partial charge in [0.05, 0.1) is 7.11 Å². The third kappa shape index (κ3) is 4.45. The minimum atomic E-state index is -0.189. The average molecular weight is 310 g/mol. The van der Waals surface area contributed by atoms with Crippen LogP contribution in [-0.2, 0) is 9.53 Å². The Bertz CT molecular complexity index is 466. The molecule has 1 fully saturated rings. The first-order chi connectivity index (χ1) is 9.99. The summed E-state index contributed by atoms with van der Waals surface area (Å²) in [5.41, 5.74) is 1.33. The molecule has 1 aliphatic carbocycles. The van der Waals surface area contributed by atoms with Crippen molar-refractivity contribution in [1.82, 2.24) is 5.32 Å². The molecule has 1 aromatic carbocycles. The molecular formula is C17H24ClNO2. The van der Waals surface area contributed by atoms with Crippen LogP contribution in [-0.4, -0.2) is 25.2 Å². The van der Waals surface area contributed by atoms with Crippen molar-refractivity contribution in [3.05, 3.63) is 34.9 Å². The molecule has 0 aliphatic heterocycles. The van der Waals surface area contributed by atoms with Crippen LogP contribution in [0.3, 0.4) is 0 Å². The van der Waals surface area contributed by atoms with Gasteiger partial charge in [0, 0.05) is 11.1 Å². The Morgan fingerprint density at radius 2 is 1.95 bits per heavy atom. The normalized spacial score (nSPS) is 22.7. The van der Waals surface area contributed by atoms with Gasteiger partial charge in [-0.15, -0.1) is 0 Å². The number of benzene rings is 1. The van der Waals surface area contributed by atoms with Crippen LogP contribution >= 0.6 is 11.6 Å². The van der Waals surface area contributed by atoms with Gasteiger partial charge >= 0.3 is 5.97 Å². The van der Waals surface area contributed by atoms with Crippen LogP contribution in [0.25, 0.3) is 0 Å². The van der Waals surface area contributed by atoms with E-state index in [-0.39, 0.29) is 12.0 Å². The van der Waals surface area contributed by atoms with Gasteiger partial charge in [0.2, 0.25) is 0 Å². The molecule has 0 aromatic heterocycles. The summed E-state index contributed by atoms with van der Waals surface area (Å²) in [6, 6.07) is 8.27. The maximum absolute atomic E-state index is 11.8. The van der Waals surface area contributed by atoms with Crippen molar-refractivity contribution in [2.75, 3.05) is 7.11 Å². The van der Waals surface area contributed by atoms with E-state index in [4.69, 9.17) is 16.3 Å². The van der Waals surface area contributed by atoms with Crippen LogP contribution in [0, 0.1) is 5.92 Å². The topological polar surface area (TPSA) is 38.3 Å². The lowest BCUT2D eigenvalue weighted by atomic mass is 9.75. The molecule has 0 spiro atoms. The van der Waals surface area contributed by atoms with Crippen molar-refractivity contribution in [1.29, 1.82) is 0 Å². The van der Waals surface area contributed by atoms with Crippen molar-refractivity contribution in [2.45, 2.75) is 51.1 Å². The summed E-state index contributed by atoms with van der Waals surface area (Å²) < 4.78 is 4.89. The number of carbonyl (C=O) groups is 1. The van der Waals surface area contributed by atoms with Crippen molar-refractivity contribution in [3.8, 4) is 0 Å². The van der Waals surface area contributed by atoms with E-state index in [1.54, 1.807) is 0 Å². The first-order valence-electron chi connectivity index (χ1n) is 7.59. The highest BCUT2D eigenvalue weighted by Gasteiger charge is 2.33. The summed E-state index contributed by atoms with van der Waals surface area (Å²) in [5, 5.41) is 4.22. The summed E-state index contributed by atoms with van der Waals surface area (Å²) in [6.45, 7) is 4.24. The van der Waals surface area contributed by atoms with Gasteiger partial charge in [-0.3, -0.25) is 4.79 Å². The van der Waals surface area contributed by atoms with Crippen LogP contribution < -0.4 is 5.32 Å². The molecule has 1 N–H and O–H groups in total. The molecule has 0 bridgehead atoms. The first-order valence-corrected chi connectivity index (χ1v) is 7.96. The molecule has 0 saturated heterocycles. The Morgan fingerprint density at radius 3 is 2.48 bits per heavy atom. The molecule has 0 amide bonds. The molecule has 1 aliphatic rings. The van der Waals surface area contributed by atoms with Gasteiger partial charge in [-0.1, -0.05) is 37.6 Å². The molecule has 1 atom stereocenters. The molecule has 4 heteroatoms. The zero-order valence-corrected chi connectivity index (χ0v) is 13.7. The number of rotatable bonds is 6. The fourth-order valence-corrected chi connectivity index (χ4v) is 3.02. The van der Waals surface area contributed by atoms with E-state index in [9.17, 15) is 4.79 Å². The van der Waals surface area contributed by atoms with Crippen LogP contribution in [0.1, 0.15) is 44.6 Å². The smallest absolute Gasteiger partial charge is 0.322 e. The number of hydrogen-bond acceptors (Lipinski definition) is 3. The largest absolute Gasteiger partial charge is 0.468 e. The van der Waals surface area contributed by atoms with E-state index < -0.39 is 0 Å². The molecule has 2 rings (SSSR count). The van der Waals surface area contributed by atoms with Gasteiger partial charge in [-0.25, -0.2) is 0 Å². The third-order valence-corrected chi connectivity index (χ3v) is 4.36. The van der Waals surface area contributed by atoms with Gasteiger partial charge in [0.1, 0.15) is 6.04 Å². The molecule has 3 nitrogen and oxygen atoms in total. The minimum Gasteiger partial charge on any atom is -0.468 e. The zero-order valence-electron chi connectivity index (χ0n) is 12.9.